The van der Waals surface area contributed by atoms with Gasteiger partial charge in [-0.3, -0.25) is 0 Å². The lowest BCUT2D eigenvalue weighted by atomic mass is 9.65. The minimum Gasteiger partial charge on any atom is -0.508 e. The first-order valence-corrected chi connectivity index (χ1v) is 14.5. The number of phenols is 1. The zero-order valence-corrected chi connectivity index (χ0v) is 23.3. The van der Waals surface area contributed by atoms with Crippen LogP contribution >= 0.6 is 0 Å². The molecule has 216 valence electrons. The number of ether oxygens (including phenoxy) is 6. The van der Waals surface area contributed by atoms with Gasteiger partial charge >= 0.3 is 0 Å². The molecule has 7 heteroatoms. The van der Waals surface area contributed by atoms with Gasteiger partial charge in [-0.1, -0.05) is 72.8 Å². The lowest BCUT2D eigenvalue weighted by Crippen LogP contribution is -2.34. The smallest absolute Gasteiger partial charge is 0.123 e. The Kier molecular flexibility index (Phi) is 7.46. The Hall–Kier alpha value is -4.04. The monoisotopic (exact) mass is 566 g/mol. The van der Waals surface area contributed by atoms with E-state index in [0.29, 0.717) is 46.1 Å². The molecule has 42 heavy (non-hydrogen) atoms. The number of hydrogen-bond acceptors (Lipinski definition) is 7. The summed E-state index contributed by atoms with van der Waals surface area (Å²) in [4.78, 5) is 0. The number of phenolic OH excluding ortho intramolecular Hbond substituents is 1. The summed E-state index contributed by atoms with van der Waals surface area (Å²) in [6.45, 7) is 3.47. The molecule has 0 aliphatic carbocycles. The van der Waals surface area contributed by atoms with Crippen molar-refractivity contribution < 1.29 is 33.5 Å². The van der Waals surface area contributed by atoms with Crippen molar-refractivity contribution in [1.29, 1.82) is 0 Å². The quantitative estimate of drug-likeness (QED) is 0.164. The Morgan fingerprint density at radius 1 is 0.548 bits per heavy atom. The fourth-order valence-corrected chi connectivity index (χ4v) is 5.54. The van der Waals surface area contributed by atoms with Crippen molar-refractivity contribution in [3.8, 4) is 23.0 Å². The second-order valence-corrected chi connectivity index (χ2v) is 11.0. The molecular formula is C35H34O7. The molecule has 3 fully saturated rings. The molecule has 3 saturated heterocycles. The predicted molar refractivity (Wildman–Crippen MR) is 157 cm³/mol. The normalized spacial score (nSPS) is 21.7. The van der Waals surface area contributed by atoms with E-state index in [1.165, 1.54) is 0 Å². The summed E-state index contributed by atoms with van der Waals surface area (Å²) in [6, 6.07) is 31.8. The third kappa shape index (κ3) is 5.81. The fourth-order valence-electron chi connectivity index (χ4n) is 5.54. The van der Waals surface area contributed by atoms with Gasteiger partial charge in [-0.05, 0) is 36.2 Å². The number of para-hydroxylation sites is 4. The van der Waals surface area contributed by atoms with Crippen LogP contribution in [0.25, 0.3) is 0 Å². The van der Waals surface area contributed by atoms with E-state index in [-0.39, 0.29) is 24.1 Å². The molecule has 0 bridgehead atoms. The molecule has 0 aromatic heterocycles. The van der Waals surface area contributed by atoms with Gasteiger partial charge in [0.2, 0.25) is 0 Å². The van der Waals surface area contributed by atoms with Gasteiger partial charge in [0.15, 0.2) is 0 Å². The molecule has 4 aromatic rings. The lowest BCUT2D eigenvalue weighted by molar-refractivity contribution is 0.249. The molecule has 7 nitrogen and oxygen atoms in total. The third-order valence-electron chi connectivity index (χ3n) is 7.97. The highest BCUT2D eigenvalue weighted by atomic mass is 16.6. The van der Waals surface area contributed by atoms with E-state index in [4.69, 9.17) is 28.4 Å². The van der Waals surface area contributed by atoms with Gasteiger partial charge in [0.1, 0.15) is 61.1 Å². The summed E-state index contributed by atoms with van der Waals surface area (Å²) < 4.78 is 35.8. The van der Waals surface area contributed by atoms with Gasteiger partial charge in [0.05, 0.1) is 25.2 Å². The molecule has 3 aliphatic heterocycles. The van der Waals surface area contributed by atoms with Crippen LogP contribution in [0.2, 0.25) is 0 Å². The van der Waals surface area contributed by atoms with Gasteiger partial charge < -0.3 is 33.5 Å². The van der Waals surface area contributed by atoms with Crippen molar-refractivity contribution >= 4 is 0 Å². The number of aromatic hydroxyl groups is 1. The molecule has 4 aromatic carbocycles. The summed E-state index contributed by atoms with van der Waals surface area (Å²) >= 11 is 0. The van der Waals surface area contributed by atoms with Crippen molar-refractivity contribution in [2.45, 2.75) is 30.1 Å². The summed E-state index contributed by atoms with van der Waals surface area (Å²) in [5.74, 6) is 2.44. The van der Waals surface area contributed by atoms with Crippen LogP contribution in [0.1, 0.15) is 22.3 Å². The average molecular weight is 567 g/mol. The van der Waals surface area contributed by atoms with Crippen LogP contribution in [0.4, 0.5) is 0 Å². The molecule has 0 spiro atoms. The molecule has 7 rings (SSSR count). The first-order valence-electron chi connectivity index (χ1n) is 14.5. The Morgan fingerprint density at radius 3 is 1.29 bits per heavy atom. The Balaban J connectivity index is 1.47. The maximum atomic E-state index is 11.1. The van der Waals surface area contributed by atoms with E-state index in [9.17, 15) is 5.11 Å². The molecule has 0 amide bonds. The highest BCUT2D eigenvalue weighted by Gasteiger charge is 2.44. The zero-order valence-electron chi connectivity index (χ0n) is 23.3. The zero-order chi connectivity index (χ0) is 28.4. The van der Waals surface area contributed by atoms with Crippen molar-refractivity contribution in [3.05, 3.63) is 119 Å². The highest BCUT2D eigenvalue weighted by Crippen LogP contribution is 2.52. The van der Waals surface area contributed by atoms with E-state index in [2.05, 4.69) is 18.2 Å². The molecule has 0 saturated carbocycles. The lowest BCUT2D eigenvalue weighted by Gasteiger charge is -2.39. The van der Waals surface area contributed by atoms with Crippen molar-refractivity contribution in [2.24, 2.45) is 0 Å². The fraction of sp³-hybridized carbons (Fsp3) is 0.314. The second-order valence-electron chi connectivity index (χ2n) is 11.0. The Bertz CT molecular complexity index is 1380. The topological polar surface area (TPSA) is 85.5 Å². The molecule has 3 unspecified atom stereocenters. The van der Waals surface area contributed by atoms with Crippen LogP contribution in [0.5, 0.6) is 23.0 Å². The van der Waals surface area contributed by atoms with Crippen LogP contribution < -0.4 is 14.2 Å². The predicted octanol–water partition coefficient (Wildman–Crippen LogP) is 5.30. The van der Waals surface area contributed by atoms with Gasteiger partial charge in [-0.15, -0.1) is 0 Å². The first kappa shape index (κ1) is 26.8. The summed E-state index contributed by atoms with van der Waals surface area (Å²) in [6.07, 6.45) is 0.692. The number of benzene rings is 4. The molecule has 3 atom stereocenters. The van der Waals surface area contributed by atoms with Crippen LogP contribution in [-0.2, 0) is 26.0 Å². The number of epoxide rings is 3. The molecule has 3 aliphatic rings. The Morgan fingerprint density at radius 2 is 0.905 bits per heavy atom. The minimum absolute atomic E-state index is 0.0916. The van der Waals surface area contributed by atoms with Crippen molar-refractivity contribution in [3.63, 3.8) is 0 Å². The largest absolute Gasteiger partial charge is 0.508 e. The minimum atomic E-state index is -0.887. The van der Waals surface area contributed by atoms with Crippen molar-refractivity contribution in [2.75, 3.05) is 39.6 Å². The average Bonchev–Trinajstić information content (AvgIpc) is 3.87. The molecule has 1 N–H and O–H groups in total. The molecule has 3 heterocycles. The van der Waals surface area contributed by atoms with Crippen molar-refractivity contribution in [1.82, 2.24) is 0 Å². The standard InChI is InChI=1S/C35H34O7/c36-31-13-5-1-9-24(31)17-35(28-10-2-6-14-32(28)40-21-25-18-37-25,29-11-3-7-15-33(29)41-22-26-19-38-26)30-12-4-8-16-34(30)42-23-27-20-39-27/h1-16,25-27,36H,17-23H2. The van der Waals surface area contributed by atoms with Gasteiger partial charge in [-0.25, -0.2) is 0 Å². The maximum Gasteiger partial charge on any atom is 0.123 e. The highest BCUT2D eigenvalue weighted by molar-refractivity contribution is 5.63. The maximum absolute atomic E-state index is 11.1. The van der Waals surface area contributed by atoms with Gasteiger partial charge in [-0.2, -0.15) is 0 Å². The van der Waals surface area contributed by atoms with E-state index in [1.54, 1.807) is 6.07 Å². The van der Waals surface area contributed by atoms with E-state index in [1.807, 2.05) is 72.8 Å². The summed E-state index contributed by atoms with van der Waals surface area (Å²) in [7, 11) is 0. The van der Waals surface area contributed by atoms with E-state index in [0.717, 1.165) is 39.5 Å². The summed E-state index contributed by atoms with van der Waals surface area (Å²) in [5.41, 5.74) is 2.71. The SMILES string of the molecule is Oc1ccccc1CC(c1ccccc1OCC1CO1)(c1ccccc1OCC1CO1)c1ccccc1OCC1CO1. The van der Waals surface area contributed by atoms with E-state index >= 15 is 0 Å². The first-order chi connectivity index (χ1) is 20.7. The Labute approximate surface area is 245 Å². The summed E-state index contributed by atoms with van der Waals surface area (Å²) in [5, 5.41) is 11.1. The van der Waals surface area contributed by atoms with Crippen LogP contribution in [0.15, 0.2) is 97.1 Å². The van der Waals surface area contributed by atoms with E-state index < -0.39 is 5.41 Å². The van der Waals surface area contributed by atoms with Gasteiger partial charge in [0.25, 0.3) is 0 Å². The number of hydrogen-bond donors (Lipinski definition) is 1. The van der Waals surface area contributed by atoms with Gasteiger partial charge in [0, 0.05) is 16.7 Å². The van der Waals surface area contributed by atoms with Crippen LogP contribution in [-0.4, -0.2) is 63.1 Å². The van der Waals surface area contributed by atoms with Crippen LogP contribution in [0, 0.1) is 0 Å². The molecule has 0 radical (unpaired) electrons. The third-order valence-corrected chi connectivity index (χ3v) is 7.97. The number of rotatable bonds is 14. The van der Waals surface area contributed by atoms with Crippen LogP contribution in [0.3, 0.4) is 0 Å². The molecular weight excluding hydrogens is 532 g/mol. The second kappa shape index (κ2) is 11.7.